The van der Waals surface area contributed by atoms with E-state index in [0.29, 0.717) is 5.92 Å². The first-order chi connectivity index (χ1) is 12.7. The topological polar surface area (TPSA) is 42.0 Å². The molecule has 3 aromatic rings. The average molecular weight is 366 g/mol. The molecule has 5 heteroatoms. The van der Waals surface area contributed by atoms with Gasteiger partial charge in [-0.25, -0.2) is 4.39 Å². The minimum Gasteiger partial charge on any atom is -0.325 e. The van der Waals surface area contributed by atoms with E-state index in [-0.39, 0.29) is 18.1 Å². The molecule has 0 unspecified atom stereocenters. The second kappa shape index (κ2) is 7.38. The Morgan fingerprint density at radius 3 is 2.73 bits per heavy atom. The summed E-state index contributed by atoms with van der Waals surface area (Å²) in [5, 5.41) is 4.90. The SMILES string of the molecule is O=C(Cc1ccc(F)cc1C1CCC1)Nc1csc(-c2ccncc2)c1. The molecule has 1 amide bonds. The van der Waals surface area contributed by atoms with Gasteiger partial charge in [0.15, 0.2) is 0 Å². The van der Waals surface area contributed by atoms with Crippen molar-refractivity contribution < 1.29 is 9.18 Å². The number of nitrogens with zero attached hydrogens (tertiary/aromatic N) is 1. The first-order valence-corrected chi connectivity index (χ1v) is 9.64. The van der Waals surface area contributed by atoms with Crippen LogP contribution in [0.5, 0.6) is 0 Å². The Labute approximate surface area is 155 Å². The van der Waals surface area contributed by atoms with Crippen LogP contribution in [0, 0.1) is 5.82 Å². The minimum absolute atomic E-state index is 0.0729. The van der Waals surface area contributed by atoms with E-state index in [1.165, 1.54) is 12.5 Å². The van der Waals surface area contributed by atoms with E-state index in [2.05, 4.69) is 10.3 Å². The lowest BCUT2D eigenvalue weighted by molar-refractivity contribution is -0.115. The van der Waals surface area contributed by atoms with Crippen molar-refractivity contribution in [3.05, 3.63) is 71.1 Å². The second-order valence-electron chi connectivity index (χ2n) is 6.63. The summed E-state index contributed by atoms with van der Waals surface area (Å²) in [5.74, 6) is 0.0973. The number of anilines is 1. The van der Waals surface area contributed by atoms with Crippen molar-refractivity contribution in [1.29, 1.82) is 0 Å². The molecule has 1 aliphatic rings. The number of nitrogens with one attached hydrogen (secondary N) is 1. The highest BCUT2D eigenvalue weighted by Gasteiger charge is 2.23. The number of halogens is 1. The molecule has 1 fully saturated rings. The van der Waals surface area contributed by atoms with Crippen LogP contribution in [-0.4, -0.2) is 10.9 Å². The Balaban J connectivity index is 1.46. The lowest BCUT2D eigenvalue weighted by Gasteiger charge is -2.28. The fourth-order valence-electron chi connectivity index (χ4n) is 3.27. The molecule has 2 heterocycles. The molecule has 1 saturated carbocycles. The molecule has 0 saturated heterocycles. The summed E-state index contributed by atoms with van der Waals surface area (Å²) in [6, 6.07) is 10.6. The standard InChI is InChI=1S/C21H19FN2OS/c22-17-5-4-16(19(11-17)14-2-1-3-14)10-21(25)24-18-12-20(26-13-18)15-6-8-23-9-7-15/h4-9,11-14H,1-3,10H2,(H,24,25). The molecule has 3 nitrogen and oxygen atoms in total. The maximum absolute atomic E-state index is 13.6. The number of amides is 1. The fraction of sp³-hybridized carbons (Fsp3) is 0.238. The van der Waals surface area contributed by atoms with Gasteiger partial charge in [0.1, 0.15) is 5.82 Å². The number of aromatic nitrogens is 1. The van der Waals surface area contributed by atoms with Crippen LogP contribution in [0.15, 0.2) is 54.2 Å². The van der Waals surface area contributed by atoms with E-state index in [1.807, 2.05) is 23.6 Å². The van der Waals surface area contributed by atoms with Gasteiger partial charge in [0.2, 0.25) is 5.91 Å². The highest BCUT2D eigenvalue weighted by Crippen LogP contribution is 2.38. The number of carbonyl (C=O) groups is 1. The Hall–Kier alpha value is -2.53. The van der Waals surface area contributed by atoms with Gasteiger partial charge in [-0.2, -0.15) is 0 Å². The van der Waals surface area contributed by atoms with Crippen LogP contribution in [0.4, 0.5) is 10.1 Å². The summed E-state index contributed by atoms with van der Waals surface area (Å²) in [7, 11) is 0. The molecule has 0 radical (unpaired) electrons. The average Bonchev–Trinajstić information content (AvgIpc) is 3.05. The Morgan fingerprint density at radius 1 is 1.19 bits per heavy atom. The third-order valence-electron chi connectivity index (χ3n) is 4.85. The summed E-state index contributed by atoms with van der Waals surface area (Å²) in [6.07, 6.45) is 7.12. The van der Waals surface area contributed by atoms with Crippen molar-refractivity contribution in [1.82, 2.24) is 4.98 Å². The zero-order chi connectivity index (χ0) is 17.9. The van der Waals surface area contributed by atoms with Gasteiger partial charge >= 0.3 is 0 Å². The molecular formula is C21H19FN2OS. The summed E-state index contributed by atoms with van der Waals surface area (Å²) in [5.41, 5.74) is 3.79. The zero-order valence-corrected chi connectivity index (χ0v) is 15.1. The molecule has 4 rings (SSSR count). The van der Waals surface area contributed by atoms with Crippen LogP contribution in [0.2, 0.25) is 0 Å². The maximum Gasteiger partial charge on any atom is 0.228 e. The van der Waals surface area contributed by atoms with Gasteiger partial charge in [-0.05, 0) is 65.8 Å². The van der Waals surface area contributed by atoms with E-state index < -0.39 is 0 Å². The zero-order valence-electron chi connectivity index (χ0n) is 14.2. The predicted molar refractivity (Wildman–Crippen MR) is 103 cm³/mol. The van der Waals surface area contributed by atoms with Gasteiger partial charge < -0.3 is 5.32 Å². The number of rotatable bonds is 5. The smallest absolute Gasteiger partial charge is 0.228 e. The monoisotopic (exact) mass is 366 g/mol. The highest BCUT2D eigenvalue weighted by atomic mass is 32.1. The van der Waals surface area contributed by atoms with Crippen LogP contribution in [0.3, 0.4) is 0 Å². The van der Waals surface area contributed by atoms with Crippen LogP contribution >= 0.6 is 11.3 Å². The first-order valence-electron chi connectivity index (χ1n) is 8.76. The first kappa shape index (κ1) is 16.9. The Morgan fingerprint density at radius 2 is 2.00 bits per heavy atom. The number of pyridine rings is 1. The van der Waals surface area contributed by atoms with Gasteiger partial charge in [0.05, 0.1) is 12.1 Å². The van der Waals surface area contributed by atoms with Crippen molar-refractivity contribution in [2.45, 2.75) is 31.6 Å². The van der Waals surface area contributed by atoms with Gasteiger partial charge in [-0.1, -0.05) is 12.5 Å². The molecule has 0 atom stereocenters. The van der Waals surface area contributed by atoms with Crippen LogP contribution in [0.25, 0.3) is 10.4 Å². The normalized spacial score (nSPS) is 14.0. The molecule has 1 aliphatic carbocycles. The summed E-state index contributed by atoms with van der Waals surface area (Å²) >= 11 is 1.58. The number of hydrogen-bond acceptors (Lipinski definition) is 3. The predicted octanol–water partition coefficient (Wildman–Crippen LogP) is 5.40. The lowest BCUT2D eigenvalue weighted by atomic mass is 9.77. The van der Waals surface area contributed by atoms with Gasteiger partial charge in [-0.3, -0.25) is 9.78 Å². The molecule has 1 aromatic carbocycles. The molecule has 0 spiro atoms. The van der Waals surface area contributed by atoms with E-state index in [4.69, 9.17) is 0 Å². The second-order valence-corrected chi connectivity index (χ2v) is 7.54. The highest BCUT2D eigenvalue weighted by molar-refractivity contribution is 7.14. The third-order valence-corrected chi connectivity index (χ3v) is 5.83. The van der Waals surface area contributed by atoms with Crippen molar-refractivity contribution >= 4 is 22.9 Å². The van der Waals surface area contributed by atoms with Crippen LogP contribution < -0.4 is 5.32 Å². The fourth-order valence-corrected chi connectivity index (χ4v) is 4.12. The molecule has 26 heavy (non-hydrogen) atoms. The minimum atomic E-state index is -0.226. The van der Waals surface area contributed by atoms with Gasteiger partial charge in [-0.15, -0.1) is 11.3 Å². The molecule has 0 bridgehead atoms. The number of thiophene rings is 1. The maximum atomic E-state index is 13.6. The van der Waals surface area contributed by atoms with Crippen molar-refractivity contribution in [3.8, 4) is 10.4 Å². The van der Waals surface area contributed by atoms with Crippen LogP contribution in [-0.2, 0) is 11.2 Å². The van der Waals surface area contributed by atoms with E-state index in [1.54, 1.807) is 35.9 Å². The summed E-state index contributed by atoms with van der Waals surface area (Å²) in [6.45, 7) is 0. The molecule has 0 aliphatic heterocycles. The Bertz CT molecular complexity index is 919. The van der Waals surface area contributed by atoms with Gasteiger partial charge in [0, 0.05) is 22.7 Å². The van der Waals surface area contributed by atoms with E-state index >= 15 is 0 Å². The Kier molecular flexibility index (Phi) is 4.80. The third kappa shape index (κ3) is 3.68. The molecule has 1 N–H and O–H groups in total. The number of carbonyl (C=O) groups excluding carboxylic acids is 1. The summed E-state index contributed by atoms with van der Waals surface area (Å²) in [4.78, 5) is 17.6. The quantitative estimate of drug-likeness (QED) is 0.657. The van der Waals surface area contributed by atoms with Crippen molar-refractivity contribution in [3.63, 3.8) is 0 Å². The van der Waals surface area contributed by atoms with Gasteiger partial charge in [0.25, 0.3) is 0 Å². The molecular weight excluding hydrogens is 347 g/mol. The van der Waals surface area contributed by atoms with E-state index in [9.17, 15) is 9.18 Å². The molecule has 132 valence electrons. The van der Waals surface area contributed by atoms with Crippen molar-refractivity contribution in [2.24, 2.45) is 0 Å². The van der Waals surface area contributed by atoms with E-state index in [0.717, 1.165) is 40.1 Å². The van der Waals surface area contributed by atoms with Crippen molar-refractivity contribution in [2.75, 3.05) is 5.32 Å². The number of hydrogen-bond donors (Lipinski definition) is 1. The molecule has 2 aromatic heterocycles. The van der Waals surface area contributed by atoms with Crippen LogP contribution in [0.1, 0.15) is 36.3 Å². The number of benzene rings is 1. The summed E-state index contributed by atoms with van der Waals surface area (Å²) < 4.78 is 13.6. The largest absolute Gasteiger partial charge is 0.325 e. The lowest BCUT2D eigenvalue weighted by Crippen LogP contribution is -2.18.